The molecule has 1 N–H and O–H groups in total. The number of piperidine rings is 1. The molecule has 4 heteroatoms. The molecule has 1 saturated heterocycles. The smallest absolute Gasteiger partial charge is 0.134 e. The molecule has 2 heterocycles. The number of furan rings is 1. The highest BCUT2D eigenvalue weighted by Crippen LogP contribution is 2.36. The Balaban J connectivity index is 0.00000120. The Morgan fingerprint density at radius 1 is 1.33 bits per heavy atom. The standard InChI is InChI=1S/C14H16FNO.ClH/c1-9-8-16-6-4-10(9)14-11-5-7-17-13(11)3-2-12(14)15;/h2-3,5,7,9-10,16H,4,6,8H2,1H3;1H/t9-,10+;/m1./s1. The van der Waals surface area contributed by atoms with E-state index in [2.05, 4.69) is 12.2 Å². The second-order valence-corrected chi connectivity index (χ2v) is 4.87. The lowest BCUT2D eigenvalue weighted by Crippen LogP contribution is -2.34. The first-order valence-electron chi connectivity index (χ1n) is 6.13. The second kappa shape index (κ2) is 5.29. The van der Waals surface area contributed by atoms with Crippen molar-refractivity contribution in [3.63, 3.8) is 0 Å². The molecule has 0 unspecified atom stereocenters. The summed E-state index contributed by atoms with van der Waals surface area (Å²) in [6, 6.07) is 5.11. The third-order valence-electron chi connectivity index (χ3n) is 3.78. The van der Waals surface area contributed by atoms with E-state index in [-0.39, 0.29) is 24.1 Å². The highest BCUT2D eigenvalue weighted by molar-refractivity contribution is 5.85. The predicted octanol–water partition coefficient (Wildman–Crippen LogP) is 3.71. The first-order chi connectivity index (χ1) is 8.27. The van der Waals surface area contributed by atoms with Crippen LogP contribution < -0.4 is 5.32 Å². The van der Waals surface area contributed by atoms with Gasteiger partial charge in [-0.1, -0.05) is 6.92 Å². The zero-order valence-electron chi connectivity index (χ0n) is 10.3. The highest BCUT2D eigenvalue weighted by atomic mass is 35.5. The molecule has 2 nitrogen and oxygen atoms in total. The third kappa shape index (κ3) is 2.13. The van der Waals surface area contributed by atoms with Crippen molar-refractivity contribution < 1.29 is 8.81 Å². The van der Waals surface area contributed by atoms with E-state index in [0.29, 0.717) is 5.92 Å². The van der Waals surface area contributed by atoms with Gasteiger partial charge in [-0.2, -0.15) is 0 Å². The van der Waals surface area contributed by atoms with Crippen molar-refractivity contribution in [2.24, 2.45) is 5.92 Å². The fourth-order valence-corrected chi connectivity index (χ4v) is 2.86. The number of hydrogen-bond acceptors (Lipinski definition) is 2. The molecule has 0 spiro atoms. The predicted molar refractivity (Wildman–Crippen MR) is 72.8 cm³/mol. The number of benzene rings is 1. The Bertz CT molecular complexity index is 540. The first kappa shape index (κ1) is 13.4. The maximum absolute atomic E-state index is 14.1. The lowest BCUT2D eigenvalue weighted by Gasteiger charge is -2.30. The number of rotatable bonds is 1. The van der Waals surface area contributed by atoms with Gasteiger partial charge in [0, 0.05) is 10.9 Å². The van der Waals surface area contributed by atoms with Crippen LogP contribution in [0.15, 0.2) is 28.9 Å². The Morgan fingerprint density at radius 3 is 2.94 bits per heavy atom. The number of fused-ring (bicyclic) bond motifs is 1. The molecule has 0 saturated carbocycles. The Morgan fingerprint density at radius 2 is 2.17 bits per heavy atom. The van der Waals surface area contributed by atoms with Gasteiger partial charge in [-0.05, 0) is 49.5 Å². The Hall–Kier alpha value is -1.06. The zero-order chi connectivity index (χ0) is 11.8. The lowest BCUT2D eigenvalue weighted by atomic mass is 9.81. The Labute approximate surface area is 112 Å². The first-order valence-corrected chi connectivity index (χ1v) is 6.13. The molecule has 0 radical (unpaired) electrons. The molecule has 0 aliphatic carbocycles. The van der Waals surface area contributed by atoms with Crippen LogP contribution in [0.5, 0.6) is 0 Å². The summed E-state index contributed by atoms with van der Waals surface area (Å²) in [4.78, 5) is 0. The monoisotopic (exact) mass is 269 g/mol. The quantitative estimate of drug-likeness (QED) is 0.854. The number of halogens is 2. The normalized spacial score (nSPS) is 23.9. The van der Waals surface area contributed by atoms with Crippen molar-refractivity contribution in [1.82, 2.24) is 5.32 Å². The SMILES string of the molecule is C[C@@H]1CNCC[C@@H]1c1c(F)ccc2occc12.Cl. The largest absolute Gasteiger partial charge is 0.464 e. The molecular weight excluding hydrogens is 253 g/mol. The van der Waals surface area contributed by atoms with Crippen molar-refractivity contribution in [3.8, 4) is 0 Å². The van der Waals surface area contributed by atoms with E-state index < -0.39 is 0 Å². The van der Waals surface area contributed by atoms with Crippen molar-refractivity contribution in [1.29, 1.82) is 0 Å². The summed E-state index contributed by atoms with van der Waals surface area (Å²) in [5.41, 5.74) is 1.62. The molecule has 1 aliphatic rings. The minimum Gasteiger partial charge on any atom is -0.464 e. The van der Waals surface area contributed by atoms with Gasteiger partial charge in [0.25, 0.3) is 0 Å². The van der Waals surface area contributed by atoms with Crippen LogP contribution >= 0.6 is 12.4 Å². The van der Waals surface area contributed by atoms with E-state index in [4.69, 9.17) is 4.42 Å². The average Bonchev–Trinajstić information content (AvgIpc) is 2.79. The topological polar surface area (TPSA) is 25.2 Å². The molecule has 1 aromatic carbocycles. The van der Waals surface area contributed by atoms with Crippen molar-refractivity contribution in [3.05, 3.63) is 35.8 Å². The minimum atomic E-state index is -0.0994. The van der Waals surface area contributed by atoms with Crippen molar-refractivity contribution in [2.75, 3.05) is 13.1 Å². The van der Waals surface area contributed by atoms with Crippen molar-refractivity contribution >= 4 is 23.4 Å². The van der Waals surface area contributed by atoms with Crippen LogP contribution in [0.1, 0.15) is 24.8 Å². The van der Waals surface area contributed by atoms with Gasteiger partial charge in [0.15, 0.2) is 0 Å². The van der Waals surface area contributed by atoms with Gasteiger partial charge in [0.05, 0.1) is 6.26 Å². The molecule has 18 heavy (non-hydrogen) atoms. The maximum atomic E-state index is 14.1. The molecule has 98 valence electrons. The van der Waals surface area contributed by atoms with Crippen molar-refractivity contribution in [2.45, 2.75) is 19.3 Å². The minimum absolute atomic E-state index is 0. The van der Waals surface area contributed by atoms with Gasteiger partial charge in [-0.25, -0.2) is 4.39 Å². The van der Waals surface area contributed by atoms with Gasteiger partial charge in [-0.3, -0.25) is 0 Å². The highest BCUT2D eigenvalue weighted by Gasteiger charge is 2.27. The van der Waals surface area contributed by atoms with Gasteiger partial charge in [-0.15, -0.1) is 12.4 Å². The molecule has 0 amide bonds. The van der Waals surface area contributed by atoms with E-state index in [1.165, 1.54) is 6.07 Å². The van der Waals surface area contributed by atoms with E-state index >= 15 is 0 Å². The summed E-state index contributed by atoms with van der Waals surface area (Å²) in [5, 5.41) is 4.28. The molecule has 1 aromatic heterocycles. The molecule has 2 atom stereocenters. The summed E-state index contributed by atoms with van der Waals surface area (Å²) in [5.74, 6) is 0.647. The van der Waals surface area contributed by atoms with E-state index in [9.17, 15) is 4.39 Å². The van der Waals surface area contributed by atoms with Crippen LogP contribution in [0, 0.1) is 11.7 Å². The molecular formula is C14H17ClFNO. The van der Waals surface area contributed by atoms with Crippen LogP contribution in [0.25, 0.3) is 11.0 Å². The molecule has 0 bridgehead atoms. The van der Waals surface area contributed by atoms with Gasteiger partial charge in [0.1, 0.15) is 11.4 Å². The van der Waals surface area contributed by atoms with Gasteiger partial charge >= 0.3 is 0 Å². The Kier molecular flexibility index (Phi) is 3.93. The van der Waals surface area contributed by atoms with Crippen LogP contribution in [0.3, 0.4) is 0 Å². The average molecular weight is 270 g/mol. The van der Waals surface area contributed by atoms with Crippen LogP contribution in [-0.4, -0.2) is 13.1 Å². The molecule has 2 aromatic rings. The molecule has 3 rings (SSSR count). The second-order valence-electron chi connectivity index (χ2n) is 4.87. The summed E-state index contributed by atoms with van der Waals surface area (Å²) < 4.78 is 19.5. The van der Waals surface area contributed by atoms with Crippen LogP contribution in [0.4, 0.5) is 4.39 Å². The number of hydrogen-bond donors (Lipinski definition) is 1. The summed E-state index contributed by atoms with van der Waals surface area (Å²) in [6.45, 7) is 4.09. The summed E-state index contributed by atoms with van der Waals surface area (Å²) in [6.07, 6.45) is 2.63. The molecule has 1 aliphatic heterocycles. The van der Waals surface area contributed by atoms with E-state index in [0.717, 1.165) is 36.0 Å². The van der Waals surface area contributed by atoms with Gasteiger partial charge in [0.2, 0.25) is 0 Å². The fourth-order valence-electron chi connectivity index (χ4n) is 2.86. The summed E-state index contributed by atoms with van der Waals surface area (Å²) >= 11 is 0. The third-order valence-corrected chi connectivity index (χ3v) is 3.78. The fraction of sp³-hybridized carbons (Fsp3) is 0.429. The van der Waals surface area contributed by atoms with Crippen LogP contribution in [0.2, 0.25) is 0 Å². The van der Waals surface area contributed by atoms with Crippen LogP contribution in [-0.2, 0) is 0 Å². The molecule has 1 fully saturated rings. The van der Waals surface area contributed by atoms with E-state index in [1.54, 1.807) is 12.3 Å². The number of nitrogens with one attached hydrogen (secondary N) is 1. The maximum Gasteiger partial charge on any atom is 0.134 e. The van der Waals surface area contributed by atoms with E-state index in [1.807, 2.05) is 6.07 Å². The zero-order valence-corrected chi connectivity index (χ0v) is 11.1. The van der Waals surface area contributed by atoms with Gasteiger partial charge < -0.3 is 9.73 Å². The summed E-state index contributed by atoms with van der Waals surface area (Å²) in [7, 11) is 0. The lowest BCUT2D eigenvalue weighted by molar-refractivity contribution is 0.343.